The average molecular weight is 153 g/mol. The van der Waals surface area contributed by atoms with Crippen molar-refractivity contribution in [2.75, 3.05) is 6.54 Å². The van der Waals surface area contributed by atoms with Crippen LogP contribution in [0.3, 0.4) is 0 Å². The number of likely N-dealkylation sites (N-methyl/N-ethyl adjacent to an activating group) is 1. The molecule has 0 saturated heterocycles. The monoisotopic (exact) mass is 153 g/mol. The lowest BCUT2D eigenvalue weighted by atomic mass is 9.95. The second kappa shape index (κ2) is 4.55. The molecular weight excluding hydrogens is 134 g/mol. The van der Waals surface area contributed by atoms with Crippen LogP contribution in [0.4, 0.5) is 0 Å². The lowest BCUT2D eigenvalue weighted by Crippen LogP contribution is -2.28. The molecule has 0 aliphatic heterocycles. The van der Waals surface area contributed by atoms with Crippen LogP contribution in [0.1, 0.15) is 39.5 Å². The third-order valence-electron chi connectivity index (χ3n) is 2.39. The molecule has 1 unspecified atom stereocenters. The van der Waals surface area contributed by atoms with Gasteiger partial charge < -0.3 is 5.32 Å². The molecule has 0 spiro atoms. The Kier molecular flexibility index (Phi) is 3.64. The molecular formula is C10H19N. The van der Waals surface area contributed by atoms with Gasteiger partial charge in [0.25, 0.3) is 0 Å². The van der Waals surface area contributed by atoms with Crippen LogP contribution in [0.5, 0.6) is 0 Å². The topological polar surface area (TPSA) is 12.0 Å². The normalized spacial score (nSPS) is 21.1. The number of hydrogen-bond donors (Lipinski definition) is 1. The van der Waals surface area contributed by atoms with E-state index < -0.39 is 0 Å². The van der Waals surface area contributed by atoms with Crippen LogP contribution < -0.4 is 5.32 Å². The zero-order valence-electron chi connectivity index (χ0n) is 7.69. The summed E-state index contributed by atoms with van der Waals surface area (Å²) in [6.45, 7) is 5.51. The van der Waals surface area contributed by atoms with Crippen LogP contribution in [-0.4, -0.2) is 12.6 Å². The highest BCUT2D eigenvalue weighted by atomic mass is 14.9. The van der Waals surface area contributed by atoms with Crippen molar-refractivity contribution in [2.24, 2.45) is 0 Å². The molecule has 11 heavy (non-hydrogen) atoms. The van der Waals surface area contributed by atoms with Gasteiger partial charge in [0.1, 0.15) is 0 Å². The summed E-state index contributed by atoms with van der Waals surface area (Å²) in [5.41, 5.74) is 1.62. The first-order chi connectivity index (χ1) is 5.34. The molecule has 0 heterocycles. The van der Waals surface area contributed by atoms with Gasteiger partial charge in [-0.3, -0.25) is 0 Å². The van der Waals surface area contributed by atoms with Crippen LogP contribution in [0.15, 0.2) is 11.6 Å². The van der Waals surface area contributed by atoms with Crippen molar-refractivity contribution in [3.05, 3.63) is 11.6 Å². The standard InChI is InChI=1S/C10H19N/c1-3-11-9(2)10-7-5-4-6-8-10/h7,9,11H,3-6,8H2,1-2H3. The summed E-state index contributed by atoms with van der Waals surface area (Å²) in [5.74, 6) is 0. The van der Waals surface area contributed by atoms with E-state index in [0.717, 1.165) is 6.54 Å². The molecule has 1 aliphatic rings. The Morgan fingerprint density at radius 3 is 2.91 bits per heavy atom. The minimum atomic E-state index is 0.611. The van der Waals surface area contributed by atoms with Gasteiger partial charge in [-0.05, 0) is 39.2 Å². The first-order valence-electron chi connectivity index (χ1n) is 4.77. The van der Waals surface area contributed by atoms with E-state index in [4.69, 9.17) is 0 Å². The van der Waals surface area contributed by atoms with Gasteiger partial charge in [-0.2, -0.15) is 0 Å². The average Bonchev–Trinajstić information content (AvgIpc) is 2.07. The highest BCUT2D eigenvalue weighted by Crippen LogP contribution is 2.19. The van der Waals surface area contributed by atoms with Crippen molar-refractivity contribution in [1.29, 1.82) is 0 Å². The van der Waals surface area contributed by atoms with Gasteiger partial charge in [0.05, 0.1) is 0 Å². The number of nitrogens with one attached hydrogen (secondary N) is 1. The summed E-state index contributed by atoms with van der Waals surface area (Å²) in [4.78, 5) is 0. The molecule has 1 N–H and O–H groups in total. The zero-order valence-corrected chi connectivity index (χ0v) is 7.69. The van der Waals surface area contributed by atoms with Crippen LogP contribution in [0.2, 0.25) is 0 Å². The number of allylic oxidation sites excluding steroid dienone is 1. The Labute approximate surface area is 69.9 Å². The maximum atomic E-state index is 3.45. The van der Waals surface area contributed by atoms with Crippen LogP contribution in [-0.2, 0) is 0 Å². The molecule has 0 aromatic heterocycles. The van der Waals surface area contributed by atoms with Crippen molar-refractivity contribution < 1.29 is 0 Å². The Balaban J connectivity index is 2.37. The predicted molar refractivity (Wildman–Crippen MR) is 49.7 cm³/mol. The second-order valence-corrected chi connectivity index (χ2v) is 3.30. The number of rotatable bonds is 3. The van der Waals surface area contributed by atoms with E-state index in [2.05, 4.69) is 25.2 Å². The van der Waals surface area contributed by atoms with E-state index in [1.165, 1.54) is 25.7 Å². The van der Waals surface area contributed by atoms with Crippen LogP contribution in [0.25, 0.3) is 0 Å². The van der Waals surface area contributed by atoms with E-state index in [1.54, 1.807) is 5.57 Å². The Morgan fingerprint density at radius 1 is 1.55 bits per heavy atom. The molecule has 1 rings (SSSR count). The van der Waals surface area contributed by atoms with Crippen molar-refractivity contribution in [1.82, 2.24) is 5.32 Å². The molecule has 0 aromatic rings. The molecule has 0 amide bonds. The fourth-order valence-electron chi connectivity index (χ4n) is 1.69. The predicted octanol–water partition coefficient (Wildman–Crippen LogP) is 2.48. The fraction of sp³-hybridized carbons (Fsp3) is 0.800. The van der Waals surface area contributed by atoms with E-state index in [9.17, 15) is 0 Å². The van der Waals surface area contributed by atoms with E-state index in [0.29, 0.717) is 6.04 Å². The largest absolute Gasteiger partial charge is 0.311 e. The van der Waals surface area contributed by atoms with Crippen molar-refractivity contribution in [3.63, 3.8) is 0 Å². The van der Waals surface area contributed by atoms with Gasteiger partial charge >= 0.3 is 0 Å². The summed E-state index contributed by atoms with van der Waals surface area (Å²) < 4.78 is 0. The quantitative estimate of drug-likeness (QED) is 0.614. The van der Waals surface area contributed by atoms with Gasteiger partial charge in [0.15, 0.2) is 0 Å². The lowest BCUT2D eigenvalue weighted by Gasteiger charge is -2.19. The van der Waals surface area contributed by atoms with Crippen LogP contribution in [0, 0.1) is 0 Å². The smallest absolute Gasteiger partial charge is 0.0250 e. The SMILES string of the molecule is CCNC(C)C1=CCCCC1. The van der Waals surface area contributed by atoms with Crippen molar-refractivity contribution in [3.8, 4) is 0 Å². The van der Waals surface area contributed by atoms with Gasteiger partial charge in [-0.25, -0.2) is 0 Å². The van der Waals surface area contributed by atoms with Gasteiger partial charge in [0.2, 0.25) is 0 Å². The maximum absolute atomic E-state index is 3.45. The first-order valence-corrected chi connectivity index (χ1v) is 4.77. The summed E-state index contributed by atoms with van der Waals surface area (Å²) >= 11 is 0. The Morgan fingerprint density at radius 2 is 2.36 bits per heavy atom. The van der Waals surface area contributed by atoms with E-state index in [1.807, 2.05) is 0 Å². The first kappa shape index (κ1) is 8.79. The minimum Gasteiger partial charge on any atom is -0.311 e. The summed E-state index contributed by atoms with van der Waals surface area (Å²) in [6, 6.07) is 0.611. The second-order valence-electron chi connectivity index (χ2n) is 3.30. The van der Waals surface area contributed by atoms with Crippen molar-refractivity contribution >= 4 is 0 Å². The molecule has 0 aromatic carbocycles. The van der Waals surface area contributed by atoms with Crippen LogP contribution >= 0.6 is 0 Å². The third-order valence-corrected chi connectivity index (χ3v) is 2.39. The van der Waals surface area contributed by atoms with Gasteiger partial charge in [0, 0.05) is 6.04 Å². The Bertz CT molecular complexity index is 138. The lowest BCUT2D eigenvalue weighted by molar-refractivity contribution is 0.575. The van der Waals surface area contributed by atoms with Crippen molar-refractivity contribution in [2.45, 2.75) is 45.6 Å². The molecule has 0 bridgehead atoms. The Hall–Kier alpha value is -0.300. The molecule has 1 heteroatoms. The van der Waals surface area contributed by atoms with E-state index in [-0.39, 0.29) is 0 Å². The number of hydrogen-bond acceptors (Lipinski definition) is 1. The van der Waals surface area contributed by atoms with Gasteiger partial charge in [-0.1, -0.05) is 18.6 Å². The molecule has 0 fully saturated rings. The summed E-state index contributed by atoms with van der Waals surface area (Å²) in [7, 11) is 0. The molecule has 64 valence electrons. The fourth-order valence-corrected chi connectivity index (χ4v) is 1.69. The highest BCUT2D eigenvalue weighted by molar-refractivity contribution is 5.11. The highest BCUT2D eigenvalue weighted by Gasteiger charge is 2.09. The molecule has 1 nitrogen and oxygen atoms in total. The van der Waals surface area contributed by atoms with E-state index >= 15 is 0 Å². The summed E-state index contributed by atoms with van der Waals surface area (Å²) in [6.07, 6.45) is 7.81. The minimum absolute atomic E-state index is 0.611. The molecule has 0 saturated carbocycles. The maximum Gasteiger partial charge on any atom is 0.0250 e. The molecule has 1 atom stereocenters. The molecule has 0 radical (unpaired) electrons. The summed E-state index contributed by atoms with van der Waals surface area (Å²) in [5, 5.41) is 3.45. The van der Waals surface area contributed by atoms with Gasteiger partial charge in [-0.15, -0.1) is 0 Å². The molecule has 1 aliphatic carbocycles. The zero-order chi connectivity index (χ0) is 8.10. The third kappa shape index (κ3) is 2.66.